The number of unbranched alkanes of at least 4 members (excludes halogenated alkanes) is 1. The summed E-state index contributed by atoms with van der Waals surface area (Å²) in [6, 6.07) is 8.45. The Morgan fingerprint density at radius 3 is 2.57 bits per heavy atom. The lowest BCUT2D eigenvalue weighted by molar-refractivity contribution is -0.118. The molecule has 1 aromatic heterocycles. The summed E-state index contributed by atoms with van der Waals surface area (Å²) >= 11 is 1.23. The Balaban J connectivity index is 1.91. The van der Waals surface area contributed by atoms with Crippen LogP contribution in [0.1, 0.15) is 19.3 Å². The van der Waals surface area contributed by atoms with Gasteiger partial charge < -0.3 is 15.7 Å². The number of nitrogens with one attached hydrogen (secondary N) is 3. The molecule has 0 aliphatic rings. The normalized spacial score (nSPS) is 12.3. The van der Waals surface area contributed by atoms with Gasteiger partial charge in [-0.2, -0.15) is 8.42 Å². The van der Waals surface area contributed by atoms with Crippen molar-refractivity contribution in [2.75, 3.05) is 11.9 Å². The third kappa shape index (κ3) is 7.60. The van der Waals surface area contributed by atoms with Crippen molar-refractivity contribution in [1.29, 1.82) is 0 Å². The van der Waals surface area contributed by atoms with Crippen LogP contribution in [0.4, 0.5) is 9.93 Å². The molecule has 152 valence electrons. The first kappa shape index (κ1) is 21.8. The Morgan fingerprint density at radius 1 is 1.21 bits per heavy atom. The van der Waals surface area contributed by atoms with Crippen molar-refractivity contribution in [1.82, 2.24) is 15.0 Å². The highest BCUT2D eigenvalue weighted by molar-refractivity contribution is 7.87. The van der Waals surface area contributed by atoms with Gasteiger partial charge in [-0.3, -0.25) is 4.79 Å². The second kappa shape index (κ2) is 10.1. The van der Waals surface area contributed by atoms with Crippen LogP contribution in [0.15, 0.2) is 35.7 Å². The van der Waals surface area contributed by atoms with Gasteiger partial charge in [0.1, 0.15) is 6.04 Å². The summed E-state index contributed by atoms with van der Waals surface area (Å²) in [5.41, 5.74) is 1.61. The molecule has 0 bridgehead atoms. The number of amides is 2. The van der Waals surface area contributed by atoms with Gasteiger partial charge in [0.15, 0.2) is 5.13 Å². The number of aromatic nitrogens is 1. The van der Waals surface area contributed by atoms with Gasteiger partial charge in [0.2, 0.25) is 5.91 Å². The molecule has 12 heteroatoms. The van der Waals surface area contributed by atoms with Crippen molar-refractivity contribution < 1.29 is 23.1 Å². The number of nitrogens with zero attached hydrogens (tertiary/aromatic N) is 1. The molecular formula is C16H21N5O5S2. The van der Waals surface area contributed by atoms with Gasteiger partial charge in [0, 0.05) is 17.5 Å². The largest absolute Gasteiger partial charge is 0.465 e. The highest BCUT2D eigenvalue weighted by Gasteiger charge is 2.21. The predicted molar refractivity (Wildman–Crippen MR) is 106 cm³/mol. The van der Waals surface area contributed by atoms with Gasteiger partial charge in [-0.1, -0.05) is 30.3 Å². The third-order valence-electron chi connectivity index (χ3n) is 3.64. The lowest BCUT2D eigenvalue weighted by Gasteiger charge is -2.15. The van der Waals surface area contributed by atoms with Gasteiger partial charge in [-0.05, 0) is 19.3 Å². The molecule has 0 aliphatic carbocycles. The minimum atomic E-state index is -3.77. The molecule has 1 unspecified atom stereocenters. The van der Waals surface area contributed by atoms with Crippen LogP contribution in [0, 0.1) is 0 Å². The molecule has 1 atom stereocenters. The minimum Gasteiger partial charge on any atom is -0.465 e. The van der Waals surface area contributed by atoms with E-state index < -0.39 is 28.3 Å². The molecule has 1 aromatic carbocycles. The van der Waals surface area contributed by atoms with E-state index in [0.29, 0.717) is 23.7 Å². The number of hydrogen-bond donors (Lipinski definition) is 5. The molecular weight excluding hydrogens is 406 g/mol. The molecule has 6 N–H and O–H groups in total. The van der Waals surface area contributed by atoms with E-state index in [2.05, 4.69) is 20.3 Å². The van der Waals surface area contributed by atoms with Crippen LogP contribution in [0.5, 0.6) is 0 Å². The molecule has 10 nitrogen and oxygen atoms in total. The van der Waals surface area contributed by atoms with Crippen LogP contribution < -0.4 is 20.5 Å². The molecule has 1 heterocycles. The summed E-state index contributed by atoms with van der Waals surface area (Å²) in [6.45, 7) is 0.104. The highest BCUT2D eigenvalue weighted by Crippen LogP contribution is 2.24. The van der Waals surface area contributed by atoms with Crippen molar-refractivity contribution >= 4 is 38.7 Å². The Kier molecular flexibility index (Phi) is 7.87. The number of carbonyl (C=O) groups excluding carboxylic acids is 1. The number of benzene rings is 1. The molecule has 0 saturated heterocycles. The van der Waals surface area contributed by atoms with Crippen LogP contribution in [0.2, 0.25) is 0 Å². The van der Waals surface area contributed by atoms with Gasteiger partial charge >= 0.3 is 6.09 Å². The fourth-order valence-electron chi connectivity index (χ4n) is 2.37. The van der Waals surface area contributed by atoms with E-state index in [1.54, 1.807) is 5.38 Å². The van der Waals surface area contributed by atoms with E-state index in [1.165, 1.54) is 11.3 Å². The smallest absolute Gasteiger partial charge is 0.405 e. The first-order valence-corrected chi connectivity index (χ1v) is 10.8. The van der Waals surface area contributed by atoms with Gasteiger partial charge in [-0.15, -0.1) is 11.3 Å². The van der Waals surface area contributed by atoms with E-state index in [4.69, 9.17) is 10.2 Å². The molecule has 0 spiro atoms. The average Bonchev–Trinajstić information content (AvgIpc) is 3.08. The van der Waals surface area contributed by atoms with Crippen molar-refractivity contribution in [2.45, 2.75) is 25.3 Å². The SMILES string of the molecule is NS(=O)(=O)NCCCCC(NC(=O)O)C(=O)Nc1nc(-c2ccccc2)cs1. The Labute approximate surface area is 166 Å². The van der Waals surface area contributed by atoms with Crippen molar-refractivity contribution in [2.24, 2.45) is 5.14 Å². The first-order valence-electron chi connectivity index (χ1n) is 8.33. The van der Waals surface area contributed by atoms with Crippen molar-refractivity contribution in [3.05, 3.63) is 35.7 Å². The lowest BCUT2D eigenvalue weighted by atomic mass is 10.1. The number of carboxylic acid groups (broad SMARTS) is 1. The second-order valence-electron chi connectivity index (χ2n) is 5.83. The summed E-state index contributed by atoms with van der Waals surface area (Å²) in [6.07, 6.45) is -0.321. The number of carbonyl (C=O) groups is 2. The molecule has 2 amide bonds. The van der Waals surface area contributed by atoms with Crippen molar-refractivity contribution in [3.63, 3.8) is 0 Å². The molecule has 0 saturated carbocycles. The van der Waals surface area contributed by atoms with Crippen LogP contribution >= 0.6 is 11.3 Å². The highest BCUT2D eigenvalue weighted by atomic mass is 32.2. The zero-order valence-corrected chi connectivity index (χ0v) is 16.4. The molecule has 2 aromatic rings. The summed E-state index contributed by atoms with van der Waals surface area (Å²) in [5, 5.41) is 20.7. The number of rotatable bonds is 10. The van der Waals surface area contributed by atoms with Crippen LogP contribution in [0.25, 0.3) is 11.3 Å². The zero-order chi connectivity index (χ0) is 20.6. The maximum atomic E-state index is 12.4. The summed E-state index contributed by atoms with van der Waals surface area (Å²) < 4.78 is 23.7. The second-order valence-corrected chi connectivity index (χ2v) is 8.07. The van der Waals surface area contributed by atoms with Gasteiger partial charge in [0.25, 0.3) is 10.2 Å². The van der Waals surface area contributed by atoms with Crippen molar-refractivity contribution in [3.8, 4) is 11.3 Å². The van der Waals surface area contributed by atoms with E-state index in [1.807, 2.05) is 30.3 Å². The first-order chi connectivity index (χ1) is 13.2. The Bertz CT molecular complexity index is 901. The minimum absolute atomic E-state index is 0.104. The van der Waals surface area contributed by atoms with Gasteiger partial charge in [-0.25, -0.2) is 19.6 Å². The monoisotopic (exact) mass is 427 g/mol. The number of anilines is 1. The average molecular weight is 428 g/mol. The van der Waals surface area contributed by atoms with Crippen LogP contribution in [-0.4, -0.2) is 43.1 Å². The predicted octanol–water partition coefficient (Wildman–Crippen LogP) is 1.35. The van der Waals surface area contributed by atoms with E-state index >= 15 is 0 Å². The van der Waals surface area contributed by atoms with Crippen LogP contribution in [0.3, 0.4) is 0 Å². The standard InChI is InChI=1S/C16H21N5O5S2/c17-28(25,26)18-9-5-4-8-12(20-16(23)24)14(22)21-15-19-13(10-27-15)11-6-2-1-3-7-11/h1-3,6-7,10,12,18,20H,4-5,8-9H2,(H,23,24)(H2,17,25,26)(H,19,21,22). The zero-order valence-electron chi connectivity index (χ0n) is 14.8. The molecule has 0 fully saturated rings. The fraction of sp³-hybridized carbons (Fsp3) is 0.312. The van der Waals surface area contributed by atoms with Crippen LogP contribution in [-0.2, 0) is 15.0 Å². The maximum absolute atomic E-state index is 12.4. The summed E-state index contributed by atoms with van der Waals surface area (Å²) in [5.74, 6) is -0.532. The lowest BCUT2D eigenvalue weighted by Crippen LogP contribution is -2.43. The topological polar surface area (TPSA) is 164 Å². The molecule has 2 rings (SSSR count). The number of hydrogen-bond acceptors (Lipinski definition) is 6. The number of nitrogens with two attached hydrogens (primary N) is 1. The van der Waals surface area contributed by atoms with E-state index in [9.17, 15) is 18.0 Å². The Morgan fingerprint density at radius 2 is 1.93 bits per heavy atom. The Hall–Kier alpha value is -2.54. The fourth-order valence-corrected chi connectivity index (χ4v) is 3.52. The number of thiazole rings is 1. The van der Waals surface area contributed by atoms with E-state index in [-0.39, 0.29) is 13.0 Å². The third-order valence-corrected chi connectivity index (χ3v) is 5.01. The summed E-state index contributed by atoms with van der Waals surface area (Å²) in [4.78, 5) is 27.7. The quantitative estimate of drug-likeness (QED) is 0.359. The molecule has 0 radical (unpaired) electrons. The molecule has 0 aliphatic heterocycles. The maximum Gasteiger partial charge on any atom is 0.405 e. The molecule has 28 heavy (non-hydrogen) atoms. The summed E-state index contributed by atoms with van der Waals surface area (Å²) in [7, 11) is -3.77. The van der Waals surface area contributed by atoms with Gasteiger partial charge in [0.05, 0.1) is 5.69 Å². The van der Waals surface area contributed by atoms with E-state index in [0.717, 1.165) is 5.56 Å².